The Morgan fingerprint density at radius 1 is 1.64 bits per heavy atom. The maximum atomic E-state index is 11.2. The van der Waals surface area contributed by atoms with Crippen LogP contribution in [0.25, 0.3) is 0 Å². The van der Waals surface area contributed by atoms with Crippen molar-refractivity contribution in [2.75, 3.05) is 11.9 Å². The van der Waals surface area contributed by atoms with E-state index >= 15 is 0 Å². The highest BCUT2D eigenvalue weighted by Crippen LogP contribution is 2.05. The van der Waals surface area contributed by atoms with Gasteiger partial charge in [-0.3, -0.25) is 4.79 Å². The van der Waals surface area contributed by atoms with Gasteiger partial charge in [-0.25, -0.2) is 4.98 Å². The zero-order valence-corrected chi connectivity index (χ0v) is 8.32. The van der Waals surface area contributed by atoms with Crippen LogP contribution < -0.4 is 10.9 Å². The third-order valence-electron chi connectivity index (χ3n) is 2.03. The molecule has 3 N–H and O–H groups in total. The van der Waals surface area contributed by atoms with Crippen molar-refractivity contribution in [1.82, 2.24) is 9.97 Å². The highest BCUT2D eigenvalue weighted by molar-refractivity contribution is 5.31. The topological polar surface area (TPSA) is 78.0 Å². The first-order valence-corrected chi connectivity index (χ1v) is 4.56. The first-order valence-electron chi connectivity index (χ1n) is 4.56. The minimum absolute atomic E-state index is 0.0202. The van der Waals surface area contributed by atoms with E-state index in [0.717, 1.165) is 0 Å². The van der Waals surface area contributed by atoms with Crippen LogP contribution >= 0.6 is 0 Å². The van der Waals surface area contributed by atoms with Crippen LogP contribution in [-0.4, -0.2) is 27.7 Å². The lowest BCUT2D eigenvalue weighted by molar-refractivity contribution is 0.249. The number of rotatable bonds is 4. The lowest BCUT2D eigenvalue weighted by Crippen LogP contribution is -2.32. The first kappa shape index (κ1) is 10.7. The van der Waals surface area contributed by atoms with Gasteiger partial charge in [0.15, 0.2) is 5.82 Å². The van der Waals surface area contributed by atoms with Crippen LogP contribution in [0, 0.1) is 5.92 Å². The molecule has 1 unspecified atom stereocenters. The van der Waals surface area contributed by atoms with E-state index in [0.29, 0.717) is 0 Å². The van der Waals surface area contributed by atoms with Crippen molar-refractivity contribution < 1.29 is 5.11 Å². The zero-order valence-electron chi connectivity index (χ0n) is 8.32. The van der Waals surface area contributed by atoms with Gasteiger partial charge in [0.25, 0.3) is 5.56 Å². The van der Waals surface area contributed by atoms with Gasteiger partial charge in [-0.1, -0.05) is 13.8 Å². The molecule has 1 aromatic rings. The normalized spacial score (nSPS) is 12.9. The number of hydrogen-bond acceptors (Lipinski definition) is 4. The third kappa shape index (κ3) is 2.56. The van der Waals surface area contributed by atoms with Crippen molar-refractivity contribution in [3.05, 3.63) is 22.7 Å². The number of anilines is 1. The van der Waals surface area contributed by atoms with Crippen LogP contribution in [0.5, 0.6) is 0 Å². The molecule has 0 aliphatic heterocycles. The molecular weight excluding hydrogens is 182 g/mol. The molecule has 5 heteroatoms. The molecule has 0 aliphatic rings. The number of nitrogens with one attached hydrogen (secondary N) is 2. The quantitative estimate of drug-likeness (QED) is 0.644. The van der Waals surface area contributed by atoms with Crippen LogP contribution in [-0.2, 0) is 0 Å². The molecule has 0 aromatic carbocycles. The molecule has 78 valence electrons. The summed E-state index contributed by atoms with van der Waals surface area (Å²) in [7, 11) is 0. The maximum absolute atomic E-state index is 11.2. The van der Waals surface area contributed by atoms with Crippen LogP contribution in [0.4, 0.5) is 5.82 Å². The molecule has 14 heavy (non-hydrogen) atoms. The molecule has 5 nitrogen and oxygen atoms in total. The number of aliphatic hydroxyl groups excluding tert-OH is 1. The third-order valence-corrected chi connectivity index (χ3v) is 2.03. The van der Waals surface area contributed by atoms with Gasteiger partial charge in [-0.2, -0.15) is 0 Å². The largest absolute Gasteiger partial charge is 0.394 e. The second kappa shape index (κ2) is 4.76. The molecule has 0 radical (unpaired) electrons. The highest BCUT2D eigenvalue weighted by Gasteiger charge is 2.13. The van der Waals surface area contributed by atoms with Crippen molar-refractivity contribution in [2.24, 2.45) is 5.92 Å². The number of aromatic nitrogens is 2. The summed E-state index contributed by atoms with van der Waals surface area (Å²) < 4.78 is 0. The van der Waals surface area contributed by atoms with Crippen molar-refractivity contribution in [3.63, 3.8) is 0 Å². The summed E-state index contributed by atoms with van der Waals surface area (Å²) in [6, 6.07) is -0.147. The molecule has 1 atom stereocenters. The van der Waals surface area contributed by atoms with Gasteiger partial charge >= 0.3 is 0 Å². The van der Waals surface area contributed by atoms with E-state index in [1.54, 1.807) is 0 Å². The molecule has 1 heterocycles. The maximum Gasteiger partial charge on any atom is 0.290 e. The molecule has 0 spiro atoms. The van der Waals surface area contributed by atoms with Gasteiger partial charge < -0.3 is 15.4 Å². The van der Waals surface area contributed by atoms with Gasteiger partial charge in [0.05, 0.1) is 12.6 Å². The Labute approximate surface area is 82.2 Å². The van der Waals surface area contributed by atoms with Crippen LogP contribution in [0.2, 0.25) is 0 Å². The van der Waals surface area contributed by atoms with Crippen LogP contribution in [0.1, 0.15) is 13.8 Å². The standard InChI is InChI=1S/C9H15N3O2/c1-6(2)7(5-13)12-8-9(14)11-4-3-10-8/h3-4,6-7,13H,5H2,1-2H3,(H,10,12)(H,11,14). The van der Waals surface area contributed by atoms with E-state index < -0.39 is 0 Å². The fourth-order valence-corrected chi connectivity index (χ4v) is 1.05. The van der Waals surface area contributed by atoms with E-state index in [9.17, 15) is 4.79 Å². The number of aliphatic hydroxyl groups is 1. The molecule has 0 saturated carbocycles. The van der Waals surface area contributed by atoms with Crippen LogP contribution in [0.3, 0.4) is 0 Å². The molecule has 1 rings (SSSR count). The smallest absolute Gasteiger partial charge is 0.290 e. The predicted molar refractivity (Wildman–Crippen MR) is 54.2 cm³/mol. The SMILES string of the molecule is CC(C)C(CO)Nc1ncc[nH]c1=O. The number of hydrogen-bond donors (Lipinski definition) is 3. The van der Waals surface area contributed by atoms with Gasteiger partial charge in [0, 0.05) is 12.4 Å². The molecule has 0 aliphatic carbocycles. The lowest BCUT2D eigenvalue weighted by Gasteiger charge is -2.19. The fourth-order valence-electron chi connectivity index (χ4n) is 1.05. The summed E-state index contributed by atoms with van der Waals surface area (Å²) in [6.07, 6.45) is 2.97. The number of aromatic amines is 1. The van der Waals surface area contributed by atoms with E-state index in [4.69, 9.17) is 5.11 Å². The Kier molecular flexibility index (Phi) is 3.64. The van der Waals surface area contributed by atoms with E-state index in [1.165, 1.54) is 12.4 Å². The summed E-state index contributed by atoms with van der Waals surface area (Å²) in [5.41, 5.74) is -0.272. The number of H-pyrrole nitrogens is 1. The minimum atomic E-state index is -0.272. The summed E-state index contributed by atoms with van der Waals surface area (Å²) in [6.45, 7) is 3.91. The lowest BCUT2D eigenvalue weighted by atomic mass is 10.1. The summed E-state index contributed by atoms with van der Waals surface area (Å²) in [5, 5.41) is 11.9. The Morgan fingerprint density at radius 3 is 2.86 bits per heavy atom. The van der Waals surface area contributed by atoms with Crippen molar-refractivity contribution >= 4 is 5.82 Å². The predicted octanol–water partition coefficient (Wildman–Crippen LogP) is 0.199. The second-order valence-corrected chi connectivity index (χ2v) is 3.44. The first-order chi connectivity index (χ1) is 6.65. The molecule has 0 bridgehead atoms. The van der Waals surface area contributed by atoms with E-state index in [1.807, 2.05) is 13.8 Å². The van der Waals surface area contributed by atoms with Crippen molar-refractivity contribution in [2.45, 2.75) is 19.9 Å². The molecule has 0 amide bonds. The average molecular weight is 197 g/mol. The molecular formula is C9H15N3O2. The summed E-state index contributed by atoms with van der Waals surface area (Å²) >= 11 is 0. The highest BCUT2D eigenvalue weighted by atomic mass is 16.3. The van der Waals surface area contributed by atoms with Crippen LogP contribution in [0.15, 0.2) is 17.2 Å². The summed E-state index contributed by atoms with van der Waals surface area (Å²) in [5.74, 6) is 0.488. The Bertz CT molecular complexity index is 335. The van der Waals surface area contributed by atoms with Gasteiger partial charge in [-0.15, -0.1) is 0 Å². The van der Waals surface area contributed by atoms with Crippen molar-refractivity contribution in [1.29, 1.82) is 0 Å². The average Bonchev–Trinajstić information content (AvgIpc) is 2.16. The molecule has 0 fully saturated rings. The second-order valence-electron chi connectivity index (χ2n) is 3.44. The molecule has 0 saturated heterocycles. The minimum Gasteiger partial charge on any atom is -0.394 e. The number of nitrogens with zero attached hydrogens (tertiary/aromatic N) is 1. The van der Waals surface area contributed by atoms with Gasteiger partial charge in [0.2, 0.25) is 0 Å². The Balaban J connectivity index is 2.77. The van der Waals surface area contributed by atoms with E-state index in [2.05, 4.69) is 15.3 Å². The van der Waals surface area contributed by atoms with E-state index in [-0.39, 0.29) is 29.9 Å². The van der Waals surface area contributed by atoms with Gasteiger partial charge in [0.1, 0.15) is 0 Å². The molecule has 1 aromatic heterocycles. The van der Waals surface area contributed by atoms with Gasteiger partial charge in [-0.05, 0) is 5.92 Å². The Hall–Kier alpha value is -1.36. The fraction of sp³-hybridized carbons (Fsp3) is 0.556. The summed E-state index contributed by atoms with van der Waals surface area (Å²) in [4.78, 5) is 17.6. The zero-order chi connectivity index (χ0) is 10.6. The van der Waals surface area contributed by atoms with Crippen molar-refractivity contribution in [3.8, 4) is 0 Å². The Morgan fingerprint density at radius 2 is 2.36 bits per heavy atom. The monoisotopic (exact) mass is 197 g/mol.